The molecule has 0 saturated heterocycles. The van der Waals surface area contributed by atoms with Crippen molar-refractivity contribution in [1.29, 1.82) is 0 Å². The average molecular weight is 369 g/mol. The molecule has 0 N–H and O–H groups in total. The van der Waals surface area contributed by atoms with Gasteiger partial charge in [-0.2, -0.15) is 0 Å². The number of nitrogens with zero attached hydrogens (tertiary/aromatic N) is 1. The molecule has 1 heterocycles. The molecule has 1 fully saturated rings. The summed E-state index contributed by atoms with van der Waals surface area (Å²) in [4.78, 5) is 0. The molecule has 2 aromatic rings. The first-order chi connectivity index (χ1) is 10.9. The monoisotopic (exact) mass is 370 g/mol. The Labute approximate surface area is 144 Å². The van der Waals surface area contributed by atoms with E-state index in [1.165, 1.54) is 42.5 Å². The maximum absolute atomic E-state index is 2.54. The van der Waals surface area contributed by atoms with Gasteiger partial charge >= 0.3 is 144 Å². The molecule has 3 rings (SSSR count). The molecule has 1 aromatic carbocycles. The molecule has 0 amide bonds. The number of benzene rings is 1. The number of aromatic nitrogens is 1. The first-order valence-corrected chi connectivity index (χ1v) is 16.3. The molecule has 0 spiro atoms. The predicted octanol–water partition coefficient (Wildman–Crippen LogP) is 4.69. The van der Waals surface area contributed by atoms with Gasteiger partial charge in [0.05, 0.1) is 0 Å². The fourth-order valence-corrected chi connectivity index (χ4v) is 7.59. The first-order valence-electron chi connectivity index (χ1n) is 8.98. The summed E-state index contributed by atoms with van der Waals surface area (Å²) in [5.41, 5.74) is 5.78. The number of aryl methyl sites for hydroxylation is 2. The van der Waals surface area contributed by atoms with E-state index in [2.05, 4.69) is 72.3 Å². The summed E-state index contributed by atoms with van der Waals surface area (Å²) < 4.78 is 4.08. The van der Waals surface area contributed by atoms with Crippen LogP contribution in [0, 0.1) is 6.92 Å². The summed E-state index contributed by atoms with van der Waals surface area (Å²) in [7, 11) is 2.22. The zero-order valence-electron chi connectivity index (χ0n) is 15.3. The van der Waals surface area contributed by atoms with Crippen molar-refractivity contribution < 1.29 is 4.57 Å². The van der Waals surface area contributed by atoms with Crippen LogP contribution in [0.1, 0.15) is 42.7 Å². The van der Waals surface area contributed by atoms with Crippen LogP contribution in [0.25, 0.3) is 11.3 Å². The van der Waals surface area contributed by atoms with Crippen molar-refractivity contribution in [3.63, 3.8) is 0 Å². The molecule has 122 valence electrons. The van der Waals surface area contributed by atoms with Crippen LogP contribution in [0.4, 0.5) is 0 Å². The fourth-order valence-electron chi connectivity index (χ4n) is 4.01. The van der Waals surface area contributed by atoms with E-state index in [0.29, 0.717) is 0 Å². The van der Waals surface area contributed by atoms with Crippen molar-refractivity contribution in [2.75, 3.05) is 0 Å². The molecule has 1 aromatic heterocycles. The van der Waals surface area contributed by atoms with Crippen molar-refractivity contribution in [1.82, 2.24) is 0 Å². The molecule has 0 bridgehead atoms. The average Bonchev–Trinajstić information content (AvgIpc) is 3.01. The molecule has 0 atom stereocenters. The summed E-state index contributed by atoms with van der Waals surface area (Å²) in [6.07, 6.45) is 8.04. The van der Waals surface area contributed by atoms with Gasteiger partial charge in [0.2, 0.25) is 0 Å². The van der Waals surface area contributed by atoms with Gasteiger partial charge in [0.1, 0.15) is 0 Å². The van der Waals surface area contributed by atoms with E-state index in [0.717, 1.165) is 5.92 Å². The van der Waals surface area contributed by atoms with Crippen LogP contribution in [-0.2, 0) is 7.05 Å². The number of pyridine rings is 1. The van der Waals surface area contributed by atoms with Crippen molar-refractivity contribution >= 4 is 17.7 Å². The molecular formula is C21H30GeN+. The van der Waals surface area contributed by atoms with Crippen LogP contribution in [0.15, 0.2) is 36.5 Å². The van der Waals surface area contributed by atoms with E-state index in [1.807, 2.05) is 0 Å². The molecule has 2 heteroatoms. The molecule has 1 aliphatic rings. The first kappa shape index (κ1) is 16.8. The second kappa shape index (κ2) is 6.43. The second-order valence-corrected chi connectivity index (χ2v) is 18.8. The molecule has 1 aliphatic carbocycles. The van der Waals surface area contributed by atoms with Crippen LogP contribution < -0.4 is 8.96 Å². The molecule has 1 nitrogen and oxygen atoms in total. The Hall–Kier alpha value is -1.09. The SMILES string of the molecule is Cc1ccccc1-c1c[c]([Ge]([CH3])([CH3])[CH3])c(C2CCCC2)c[n+]1C. The molecule has 23 heavy (non-hydrogen) atoms. The normalized spacial score (nSPS) is 16.0. The zero-order chi connectivity index (χ0) is 16.6. The van der Waals surface area contributed by atoms with Crippen LogP contribution in [-0.4, -0.2) is 13.3 Å². The molecule has 0 aliphatic heterocycles. The van der Waals surface area contributed by atoms with Gasteiger partial charge in [-0.3, -0.25) is 0 Å². The van der Waals surface area contributed by atoms with Gasteiger partial charge in [0.25, 0.3) is 0 Å². The third-order valence-corrected chi connectivity index (χ3v) is 9.63. The van der Waals surface area contributed by atoms with Gasteiger partial charge in [0, 0.05) is 0 Å². The Balaban J connectivity index is 2.18. The van der Waals surface area contributed by atoms with Gasteiger partial charge in [0.15, 0.2) is 0 Å². The Bertz CT molecular complexity index is 706. The summed E-state index contributed by atoms with van der Waals surface area (Å²) in [6.45, 7) is 2.22. The number of rotatable bonds is 3. The molecule has 0 radical (unpaired) electrons. The second-order valence-electron chi connectivity index (χ2n) is 8.18. The fraction of sp³-hybridized carbons (Fsp3) is 0.476. The Morgan fingerprint density at radius 2 is 1.70 bits per heavy atom. The third kappa shape index (κ3) is 3.40. The minimum absolute atomic E-state index is 0.798. The zero-order valence-corrected chi connectivity index (χ0v) is 17.4. The topological polar surface area (TPSA) is 3.88 Å². The van der Waals surface area contributed by atoms with Crippen molar-refractivity contribution in [2.24, 2.45) is 7.05 Å². The summed E-state index contributed by atoms with van der Waals surface area (Å²) in [5, 5.41) is 0. The summed E-state index contributed by atoms with van der Waals surface area (Å²) in [6, 6.07) is 11.3. The number of hydrogen-bond acceptors (Lipinski definition) is 0. The van der Waals surface area contributed by atoms with Crippen molar-refractivity contribution in [3.05, 3.63) is 47.7 Å². The Morgan fingerprint density at radius 1 is 1.04 bits per heavy atom. The summed E-state index contributed by atoms with van der Waals surface area (Å²) in [5.74, 6) is 8.41. The van der Waals surface area contributed by atoms with E-state index in [9.17, 15) is 0 Å². The van der Waals surface area contributed by atoms with Gasteiger partial charge in [-0.15, -0.1) is 0 Å². The Kier molecular flexibility index (Phi) is 4.69. The van der Waals surface area contributed by atoms with E-state index >= 15 is 0 Å². The number of hydrogen-bond donors (Lipinski definition) is 0. The van der Waals surface area contributed by atoms with Crippen LogP contribution in [0.5, 0.6) is 0 Å². The van der Waals surface area contributed by atoms with Crippen LogP contribution in [0.3, 0.4) is 0 Å². The molecule has 0 unspecified atom stereocenters. The van der Waals surface area contributed by atoms with Crippen LogP contribution >= 0.6 is 0 Å². The van der Waals surface area contributed by atoms with Gasteiger partial charge in [-0.25, -0.2) is 0 Å². The van der Waals surface area contributed by atoms with Crippen molar-refractivity contribution in [3.8, 4) is 11.3 Å². The van der Waals surface area contributed by atoms with E-state index in [4.69, 9.17) is 0 Å². The maximum atomic E-state index is 2.54. The Morgan fingerprint density at radius 3 is 2.30 bits per heavy atom. The van der Waals surface area contributed by atoms with E-state index in [-0.39, 0.29) is 0 Å². The predicted molar refractivity (Wildman–Crippen MR) is 102 cm³/mol. The van der Waals surface area contributed by atoms with E-state index < -0.39 is 13.3 Å². The van der Waals surface area contributed by atoms with Crippen LogP contribution in [0.2, 0.25) is 17.3 Å². The quantitative estimate of drug-likeness (QED) is 0.546. The minimum atomic E-state index is -1.90. The van der Waals surface area contributed by atoms with E-state index in [1.54, 1.807) is 9.96 Å². The van der Waals surface area contributed by atoms with Crippen molar-refractivity contribution in [2.45, 2.75) is 55.8 Å². The summed E-state index contributed by atoms with van der Waals surface area (Å²) >= 11 is -1.90. The van der Waals surface area contributed by atoms with Gasteiger partial charge in [-0.05, 0) is 0 Å². The van der Waals surface area contributed by atoms with Gasteiger partial charge < -0.3 is 0 Å². The molecule has 1 saturated carbocycles. The third-order valence-electron chi connectivity index (χ3n) is 5.33. The molecular weight excluding hydrogens is 339 g/mol. The standard InChI is InChI=1S/C21H30GeN/c1-16-10-6-9-13-18(16)21-14-20(22(2,3)4)19(15-23(21)5)17-11-7-8-12-17/h6,9-10,13-15,17H,7-8,11-12H2,1-5H3/q+1. The van der Waals surface area contributed by atoms with Gasteiger partial charge in [-0.1, -0.05) is 0 Å².